The third-order valence-corrected chi connectivity index (χ3v) is 3.16. The van der Waals surface area contributed by atoms with Crippen LogP contribution in [0.2, 0.25) is 0 Å². The third kappa shape index (κ3) is 4.14. The van der Waals surface area contributed by atoms with Crippen LogP contribution in [0.15, 0.2) is 24.3 Å². The molecule has 0 heterocycles. The van der Waals surface area contributed by atoms with Gasteiger partial charge < -0.3 is 10.5 Å². The number of benzene rings is 1. The summed E-state index contributed by atoms with van der Waals surface area (Å²) in [7, 11) is 0. The largest absolute Gasteiger partial charge is 0.377 e. The van der Waals surface area contributed by atoms with Crippen molar-refractivity contribution in [2.75, 3.05) is 6.61 Å². The average Bonchev–Trinajstić information content (AvgIpc) is 2.28. The van der Waals surface area contributed by atoms with Gasteiger partial charge in [0, 0.05) is 12.6 Å². The van der Waals surface area contributed by atoms with Crippen molar-refractivity contribution in [3.05, 3.63) is 35.4 Å². The summed E-state index contributed by atoms with van der Waals surface area (Å²) in [5.41, 5.74) is 8.91. The Morgan fingerprint density at radius 1 is 1.24 bits per heavy atom. The summed E-state index contributed by atoms with van der Waals surface area (Å²) in [6, 6.07) is 8.48. The zero-order chi connectivity index (χ0) is 12.8. The lowest BCUT2D eigenvalue weighted by atomic mass is 9.93. The van der Waals surface area contributed by atoms with Gasteiger partial charge in [-0.3, -0.25) is 0 Å². The summed E-state index contributed by atoms with van der Waals surface area (Å²) in [6.45, 7) is 9.21. The molecule has 1 aromatic carbocycles. The molecule has 2 atom stereocenters. The van der Waals surface area contributed by atoms with Gasteiger partial charge in [-0.1, -0.05) is 38.1 Å². The number of nitrogens with two attached hydrogens (primary N) is 1. The van der Waals surface area contributed by atoms with E-state index < -0.39 is 0 Å². The molecule has 0 radical (unpaired) electrons. The van der Waals surface area contributed by atoms with Gasteiger partial charge in [0.15, 0.2) is 0 Å². The molecule has 0 aliphatic rings. The first-order valence-corrected chi connectivity index (χ1v) is 6.48. The first kappa shape index (κ1) is 14.2. The van der Waals surface area contributed by atoms with Gasteiger partial charge in [-0.25, -0.2) is 0 Å². The molecule has 0 saturated carbocycles. The summed E-state index contributed by atoms with van der Waals surface area (Å²) in [4.78, 5) is 0. The highest BCUT2D eigenvalue weighted by atomic mass is 16.5. The number of rotatable bonds is 6. The van der Waals surface area contributed by atoms with Gasteiger partial charge in [-0.2, -0.15) is 0 Å². The summed E-state index contributed by atoms with van der Waals surface area (Å²) in [6.07, 6.45) is 1.02. The summed E-state index contributed by atoms with van der Waals surface area (Å²) < 4.78 is 5.75. The van der Waals surface area contributed by atoms with Crippen LogP contribution in [-0.2, 0) is 11.2 Å². The molecule has 0 aromatic heterocycles. The number of hydrogen-bond acceptors (Lipinski definition) is 2. The summed E-state index contributed by atoms with van der Waals surface area (Å²) in [5.74, 6) is 0.453. The maximum Gasteiger partial charge on any atom is 0.0751 e. The molecule has 1 rings (SSSR count). The Balaban J connectivity index is 2.69. The molecule has 0 aliphatic heterocycles. The standard InChI is InChI=1S/C15H25NO/c1-5-17-15(11(2)3)14(16)10-13-9-7-6-8-12(13)4/h6-9,11,14-15H,5,10,16H2,1-4H3. The van der Waals surface area contributed by atoms with E-state index in [1.807, 2.05) is 6.92 Å². The molecule has 2 heteroatoms. The Kier molecular flexibility index (Phi) is 5.66. The molecular weight excluding hydrogens is 210 g/mol. The zero-order valence-electron chi connectivity index (χ0n) is 11.4. The fraction of sp³-hybridized carbons (Fsp3) is 0.600. The van der Waals surface area contributed by atoms with E-state index in [2.05, 4.69) is 45.0 Å². The van der Waals surface area contributed by atoms with Crippen molar-refractivity contribution < 1.29 is 4.74 Å². The van der Waals surface area contributed by atoms with Crippen molar-refractivity contribution in [1.29, 1.82) is 0 Å². The smallest absolute Gasteiger partial charge is 0.0751 e. The SMILES string of the molecule is CCOC(C(C)C)C(N)Cc1ccccc1C. The molecule has 96 valence electrons. The first-order chi connectivity index (χ1) is 8.06. The Bertz CT molecular complexity index is 335. The quantitative estimate of drug-likeness (QED) is 0.823. The van der Waals surface area contributed by atoms with E-state index in [-0.39, 0.29) is 12.1 Å². The van der Waals surface area contributed by atoms with Crippen LogP contribution in [0.3, 0.4) is 0 Å². The molecule has 2 nitrogen and oxygen atoms in total. The highest BCUT2D eigenvalue weighted by molar-refractivity contribution is 5.26. The lowest BCUT2D eigenvalue weighted by molar-refractivity contribution is 0.0127. The molecule has 2 N–H and O–H groups in total. The van der Waals surface area contributed by atoms with Gasteiger partial charge in [-0.05, 0) is 37.3 Å². The van der Waals surface area contributed by atoms with Gasteiger partial charge in [0.2, 0.25) is 0 Å². The second kappa shape index (κ2) is 6.77. The summed E-state index contributed by atoms with van der Waals surface area (Å²) in [5, 5.41) is 0. The molecule has 0 spiro atoms. The molecular formula is C15H25NO. The van der Waals surface area contributed by atoms with Crippen molar-refractivity contribution in [1.82, 2.24) is 0 Å². The Labute approximate surface area is 105 Å². The second-order valence-electron chi connectivity index (χ2n) is 4.96. The fourth-order valence-corrected chi connectivity index (χ4v) is 2.21. The third-order valence-electron chi connectivity index (χ3n) is 3.16. The van der Waals surface area contributed by atoms with E-state index in [4.69, 9.17) is 10.5 Å². The topological polar surface area (TPSA) is 35.2 Å². The molecule has 0 aliphatic carbocycles. The van der Waals surface area contributed by atoms with Crippen molar-refractivity contribution >= 4 is 0 Å². The minimum absolute atomic E-state index is 0.0658. The van der Waals surface area contributed by atoms with Crippen LogP contribution >= 0.6 is 0 Å². The highest BCUT2D eigenvalue weighted by Gasteiger charge is 2.22. The maximum absolute atomic E-state index is 6.28. The molecule has 0 saturated heterocycles. The van der Waals surface area contributed by atoms with Crippen LogP contribution in [0.5, 0.6) is 0 Å². The van der Waals surface area contributed by atoms with Gasteiger partial charge in [-0.15, -0.1) is 0 Å². The normalized spacial score (nSPS) is 14.9. The maximum atomic E-state index is 6.28. The van der Waals surface area contributed by atoms with Crippen LogP contribution in [0.1, 0.15) is 31.9 Å². The first-order valence-electron chi connectivity index (χ1n) is 6.48. The Morgan fingerprint density at radius 3 is 2.41 bits per heavy atom. The van der Waals surface area contributed by atoms with E-state index in [9.17, 15) is 0 Å². The lowest BCUT2D eigenvalue weighted by Crippen LogP contribution is -2.42. The highest BCUT2D eigenvalue weighted by Crippen LogP contribution is 2.16. The minimum atomic E-state index is 0.0658. The van der Waals surface area contributed by atoms with Crippen LogP contribution < -0.4 is 5.73 Å². The van der Waals surface area contributed by atoms with Crippen LogP contribution in [0.25, 0.3) is 0 Å². The van der Waals surface area contributed by atoms with Gasteiger partial charge in [0.25, 0.3) is 0 Å². The van der Waals surface area contributed by atoms with Crippen molar-refractivity contribution in [3.8, 4) is 0 Å². The molecule has 0 fully saturated rings. The molecule has 17 heavy (non-hydrogen) atoms. The Morgan fingerprint density at radius 2 is 1.88 bits per heavy atom. The van der Waals surface area contributed by atoms with Gasteiger partial charge >= 0.3 is 0 Å². The number of ether oxygens (including phenoxy) is 1. The molecule has 1 aromatic rings. The second-order valence-corrected chi connectivity index (χ2v) is 4.96. The lowest BCUT2D eigenvalue weighted by Gasteiger charge is -2.27. The van der Waals surface area contributed by atoms with Crippen molar-refractivity contribution in [2.24, 2.45) is 11.7 Å². The van der Waals surface area contributed by atoms with E-state index in [1.165, 1.54) is 11.1 Å². The molecule has 2 unspecified atom stereocenters. The minimum Gasteiger partial charge on any atom is -0.377 e. The van der Waals surface area contributed by atoms with Crippen molar-refractivity contribution in [2.45, 2.75) is 46.3 Å². The van der Waals surface area contributed by atoms with E-state index >= 15 is 0 Å². The molecule has 0 amide bonds. The van der Waals surface area contributed by atoms with Gasteiger partial charge in [0.05, 0.1) is 6.10 Å². The van der Waals surface area contributed by atoms with E-state index in [0.29, 0.717) is 5.92 Å². The number of hydrogen-bond donors (Lipinski definition) is 1. The number of aryl methyl sites for hydroxylation is 1. The predicted molar refractivity (Wildman–Crippen MR) is 73.1 cm³/mol. The van der Waals surface area contributed by atoms with Crippen LogP contribution in [0.4, 0.5) is 0 Å². The monoisotopic (exact) mass is 235 g/mol. The average molecular weight is 235 g/mol. The van der Waals surface area contributed by atoms with E-state index in [1.54, 1.807) is 0 Å². The summed E-state index contributed by atoms with van der Waals surface area (Å²) >= 11 is 0. The van der Waals surface area contributed by atoms with Crippen LogP contribution in [0, 0.1) is 12.8 Å². The Hall–Kier alpha value is -0.860. The predicted octanol–water partition coefficient (Wildman–Crippen LogP) is 2.93. The van der Waals surface area contributed by atoms with Gasteiger partial charge in [0.1, 0.15) is 0 Å². The molecule has 0 bridgehead atoms. The van der Waals surface area contributed by atoms with Crippen LogP contribution in [-0.4, -0.2) is 18.8 Å². The van der Waals surface area contributed by atoms with E-state index in [0.717, 1.165) is 13.0 Å². The zero-order valence-corrected chi connectivity index (χ0v) is 11.4. The fourth-order valence-electron chi connectivity index (χ4n) is 2.21. The van der Waals surface area contributed by atoms with Crippen molar-refractivity contribution in [3.63, 3.8) is 0 Å².